The number of hydrogen-bond acceptors (Lipinski definition) is 7. The maximum atomic E-state index is 12.6. The van der Waals surface area contributed by atoms with Crippen LogP contribution in [-0.2, 0) is 19.1 Å². The number of carbonyl (C=O) groups excluding carboxylic acids is 2. The largest absolute Gasteiger partial charge is 0.478 e. The number of fused-ring (bicyclic) bond motifs is 1. The Morgan fingerprint density at radius 1 is 1.25 bits per heavy atom. The molecule has 0 aromatic rings. The monoisotopic (exact) mass is 430 g/mol. The Labute approximate surface area is 178 Å². The number of aliphatic hydroxyl groups is 1. The third-order valence-corrected chi connectivity index (χ3v) is 6.83. The molecule has 0 aromatic carbocycles. The second-order valence-electron chi connectivity index (χ2n) is 10.3. The number of esters is 1. The van der Waals surface area contributed by atoms with Crippen LogP contribution in [0.25, 0.3) is 0 Å². The molecule has 0 heterocycles. The fourth-order valence-electron chi connectivity index (χ4n) is 3.78. The van der Waals surface area contributed by atoms with Gasteiger partial charge in [-0.25, -0.2) is 0 Å². The second kappa shape index (κ2) is 8.60. The maximum Gasteiger partial charge on any atom is 0.311 e. The summed E-state index contributed by atoms with van der Waals surface area (Å²) in [5.41, 5.74) is -2.10. The van der Waals surface area contributed by atoms with Crippen LogP contribution in [0.4, 0.5) is 0 Å². The van der Waals surface area contributed by atoms with Gasteiger partial charge in [0.05, 0.1) is 12.0 Å². The molecule has 1 N–H and O–H groups in total. The Bertz CT molecular complexity index is 619. The van der Waals surface area contributed by atoms with Crippen molar-refractivity contribution < 1.29 is 24.2 Å². The molecule has 0 bridgehead atoms. The van der Waals surface area contributed by atoms with Gasteiger partial charge in [-0.2, -0.15) is 0 Å². The van der Waals surface area contributed by atoms with Crippen LogP contribution in [0.1, 0.15) is 73.6 Å². The van der Waals surface area contributed by atoms with E-state index in [1.54, 1.807) is 20.8 Å². The number of ether oxygens (including phenoxy) is 2. The highest BCUT2D eigenvalue weighted by molar-refractivity contribution is 8.23. The van der Waals surface area contributed by atoms with Gasteiger partial charge in [0.25, 0.3) is 0 Å². The average molecular weight is 431 g/mol. The predicted molar refractivity (Wildman–Crippen MR) is 115 cm³/mol. The van der Waals surface area contributed by atoms with Gasteiger partial charge < -0.3 is 14.6 Å². The number of carbonyl (C=O) groups is 2. The summed E-state index contributed by atoms with van der Waals surface area (Å²) in [5.74, 6) is -0.919. The molecule has 28 heavy (non-hydrogen) atoms. The fraction of sp³-hybridized carbons (Fsp3) is 0.857. The Morgan fingerprint density at radius 2 is 1.89 bits per heavy atom. The van der Waals surface area contributed by atoms with Crippen LogP contribution in [-0.4, -0.2) is 44.8 Å². The van der Waals surface area contributed by atoms with Gasteiger partial charge >= 0.3 is 5.97 Å². The minimum Gasteiger partial charge on any atom is -0.478 e. The van der Waals surface area contributed by atoms with Gasteiger partial charge in [0.15, 0.2) is 5.78 Å². The van der Waals surface area contributed by atoms with Gasteiger partial charge in [0, 0.05) is 17.6 Å². The van der Waals surface area contributed by atoms with E-state index in [1.165, 1.54) is 11.8 Å². The molecule has 0 radical (unpaired) electrons. The van der Waals surface area contributed by atoms with E-state index in [4.69, 9.17) is 21.7 Å². The van der Waals surface area contributed by atoms with Crippen LogP contribution in [0.2, 0.25) is 0 Å². The molecule has 0 aromatic heterocycles. The summed E-state index contributed by atoms with van der Waals surface area (Å²) in [7, 11) is 0. The third-order valence-electron chi connectivity index (χ3n) is 5.28. The summed E-state index contributed by atoms with van der Waals surface area (Å²) in [6, 6.07) is 0. The summed E-state index contributed by atoms with van der Waals surface area (Å²) < 4.78 is 12.0. The van der Waals surface area contributed by atoms with E-state index < -0.39 is 23.0 Å². The molecule has 0 saturated heterocycles. The van der Waals surface area contributed by atoms with Crippen molar-refractivity contribution >= 4 is 40.1 Å². The Kier molecular flexibility index (Phi) is 7.26. The fourth-order valence-corrected chi connectivity index (χ4v) is 5.42. The summed E-state index contributed by atoms with van der Waals surface area (Å²) in [5, 5.41) is 11.1. The predicted octanol–water partition coefficient (Wildman–Crippen LogP) is 4.29. The van der Waals surface area contributed by atoms with Crippen molar-refractivity contribution in [2.45, 2.75) is 90.6 Å². The van der Waals surface area contributed by atoms with Gasteiger partial charge in [0.2, 0.25) is 4.38 Å². The van der Waals surface area contributed by atoms with Crippen LogP contribution in [0.5, 0.6) is 0 Å². The molecule has 2 rings (SSSR count). The molecule has 5 nitrogen and oxygen atoms in total. The molecule has 4 atom stereocenters. The number of Topliss-reactive ketones (excluding diaryl/α,β-unsaturated/α-hetero) is 1. The van der Waals surface area contributed by atoms with Crippen molar-refractivity contribution in [1.29, 1.82) is 0 Å². The van der Waals surface area contributed by atoms with E-state index in [2.05, 4.69) is 20.8 Å². The number of ketones is 1. The lowest BCUT2D eigenvalue weighted by Gasteiger charge is -2.49. The van der Waals surface area contributed by atoms with Gasteiger partial charge in [-0.1, -0.05) is 32.5 Å². The number of rotatable bonds is 3. The highest BCUT2D eigenvalue weighted by Crippen LogP contribution is 2.48. The summed E-state index contributed by atoms with van der Waals surface area (Å²) in [4.78, 5) is 25.1. The Balaban J connectivity index is 2.19. The molecule has 160 valence electrons. The molecule has 7 heteroatoms. The van der Waals surface area contributed by atoms with Gasteiger partial charge in [0.1, 0.15) is 11.7 Å². The SMILES string of the molecule is CC(C)(C)COC(=S)S[C@H]1CCC[C@]2(O)C(=O)CC[C@H](OC(=O)C(C)(C)C)[C@H]12. The number of thiocarbonyl (C=S) groups is 1. The zero-order valence-electron chi connectivity index (χ0n) is 17.9. The molecule has 2 aliphatic rings. The number of hydrogen-bond donors (Lipinski definition) is 1. The van der Waals surface area contributed by atoms with Gasteiger partial charge in [-0.05, 0) is 64.1 Å². The van der Waals surface area contributed by atoms with E-state index in [1.807, 2.05) is 0 Å². The average Bonchev–Trinajstić information content (AvgIpc) is 2.54. The topological polar surface area (TPSA) is 72.8 Å². The smallest absolute Gasteiger partial charge is 0.311 e. The summed E-state index contributed by atoms with van der Waals surface area (Å²) in [6.07, 6.45) is 2.13. The van der Waals surface area contributed by atoms with E-state index in [0.717, 1.165) is 12.8 Å². The molecule has 2 saturated carbocycles. The van der Waals surface area contributed by atoms with Crippen LogP contribution < -0.4 is 0 Å². The quantitative estimate of drug-likeness (QED) is 0.529. The molecule has 0 aliphatic heterocycles. The molecular formula is C21H34O5S2. The summed E-state index contributed by atoms with van der Waals surface area (Å²) in [6.45, 7) is 12.1. The van der Waals surface area contributed by atoms with Gasteiger partial charge in [-0.3, -0.25) is 9.59 Å². The van der Waals surface area contributed by atoms with Crippen LogP contribution in [0.3, 0.4) is 0 Å². The highest BCUT2D eigenvalue weighted by atomic mass is 32.2. The minimum absolute atomic E-state index is 0.0104. The van der Waals surface area contributed by atoms with Crippen molar-refractivity contribution in [1.82, 2.24) is 0 Å². The van der Waals surface area contributed by atoms with E-state index >= 15 is 0 Å². The van der Waals surface area contributed by atoms with Crippen LogP contribution >= 0.6 is 24.0 Å². The first-order valence-corrected chi connectivity index (χ1v) is 11.3. The number of thioether (sulfide) groups is 1. The van der Waals surface area contributed by atoms with Gasteiger partial charge in [-0.15, -0.1) is 0 Å². The first kappa shape index (κ1) is 23.6. The molecule has 0 spiro atoms. The third kappa shape index (κ3) is 5.70. The lowest BCUT2D eigenvalue weighted by atomic mass is 9.65. The van der Waals surface area contributed by atoms with Crippen molar-refractivity contribution in [3.8, 4) is 0 Å². The van der Waals surface area contributed by atoms with E-state index in [9.17, 15) is 14.7 Å². The Morgan fingerprint density at radius 3 is 2.46 bits per heavy atom. The normalized spacial score (nSPS) is 31.1. The zero-order valence-corrected chi connectivity index (χ0v) is 19.5. The first-order valence-electron chi connectivity index (χ1n) is 10.0. The van der Waals surface area contributed by atoms with E-state index in [0.29, 0.717) is 23.8 Å². The molecule has 0 unspecified atom stereocenters. The lowest BCUT2D eigenvalue weighted by Crippen LogP contribution is -2.61. The first-order chi connectivity index (χ1) is 12.7. The van der Waals surface area contributed by atoms with Crippen molar-refractivity contribution in [2.24, 2.45) is 16.7 Å². The molecule has 0 amide bonds. The highest BCUT2D eigenvalue weighted by Gasteiger charge is 2.57. The van der Waals surface area contributed by atoms with Crippen molar-refractivity contribution in [3.05, 3.63) is 0 Å². The van der Waals surface area contributed by atoms with Crippen LogP contribution in [0.15, 0.2) is 0 Å². The summed E-state index contributed by atoms with van der Waals surface area (Å²) >= 11 is 6.81. The van der Waals surface area contributed by atoms with Crippen molar-refractivity contribution in [3.63, 3.8) is 0 Å². The molecule has 2 fully saturated rings. The lowest BCUT2D eigenvalue weighted by molar-refractivity contribution is -0.183. The molecular weight excluding hydrogens is 396 g/mol. The van der Waals surface area contributed by atoms with E-state index in [-0.39, 0.29) is 28.8 Å². The standard InChI is InChI=1S/C21H34O5S2/c1-19(2,3)12-25-18(27)28-14-8-7-11-21(24)15(22)10-9-13(16(14)21)26-17(23)20(4,5)6/h13-14,16,24H,7-12H2,1-6H3/t13-,14-,16+,21-/m0/s1. The van der Waals surface area contributed by atoms with Crippen LogP contribution in [0, 0.1) is 16.7 Å². The Hall–Kier alpha value is -0.660. The van der Waals surface area contributed by atoms with Crippen molar-refractivity contribution in [2.75, 3.05) is 6.61 Å². The zero-order chi connectivity index (χ0) is 21.3. The minimum atomic E-state index is -1.45. The maximum absolute atomic E-state index is 12.6. The molecule has 2 aliphatic carbocycles. The second-order valence-corrected chi connectivity index (χ2v) is 12.1.